The summed E-state index contributed by atoms with van der Waals surface area (Å²) >= 11 is 12.0. The number of benzene rings is 2. The summed E-state index contributed by atoms with van der Waals surface area (Å²) in [6, 6.07) is 9.73. The number of β-lactam (4-membered cyclic amide) rings is 1. The zero-order valence-electron chi connectivity index (χ0n) is 11.8. The van der Waals surface area contributed by atoms with Gasteiger partial charge in [0.05, 0.1) is 16.1 Å². The van der Waals surface area contributed by atoms with Crippen molar-refractivity contribution in [3.05, 3.63) is 52.0 Å². The standard InChI is InChI=1S/C16H12Cl2N2O3/c17-10-3-2-9(6-11(10)18)20-15(14(19)16(20)21)8-1-4-12-13(5-8)23-7-22-12/h1-6,14-15H,7,19H2/t14-,15+/m0/s1. The Hall–Kier alpha value is -1.95. The number of hydrogen-bond acceptors (Lipinski definition) is 4. The summed E-state index contributed by atoms with van der Waals surface area (Å²) in [7, 11) is 0. The Morgan fingerprint density at radius 2 is 1.83 bits per heavy atom. The molecule has 2 aromatic rings. The minimum Gasteiger partial charge on any atom is -0.454 e. The van der Waals surface area contributed by atoms with Gasteiger partial charge in [0.1, 0.15) is 6.04 Å². The Morgan fingerprint density at radius 3 is 2.61 bits per heavy atom. The van der Waals surface area contributed by atoms with Gasteiger partial charge in [-0.3, -0.25) is 4.79 Å². The minimum atomic E-state index is -0.607. The third-order valence-corrected chi connectivity index (χ3v) is 4.80. The van der Waals surface area contributed by atoms with Gasteiger partial charge in [0.2, 0.25) is 12.7 Å². The van der Waals surface area contributed by atoms with Crippen LogP contribution in [0.25, 0.3) is 0 Å². The first-order valence-electron chi connectivity index (χ1n) is 6.99. The Morgan fingerprint density at radius 1 is 1.04 bits per heavy atom. The molecule has 1 saturated heterocycles. The molecule has 4 rings (SSSR count). The Bertz CT molecular complexity index is 812. The zero-order valence-corrected chi connectivity index (χ0v) is 13.3. The highest BCUT2D eigenvalue weighted by Gasteiger charge is 2.47. The molecule has 2 heterocycles. The number of hydrogen-bond donors (Lipinski definition) is 1. The lowest BCUT2D eigenvalue weighted by molar-refractivity contribution is -0.126. The van der Waals surface area contributed by atoms with Crippen molar-refractivity contribution in [1.29, 1.82) is 0 Å². The number of carbonyl (C=O) groups is 1. The summed E-state index contributed by atoms with van der Waals surface area (Å²) in [5, 5.41) is 0.828. The van der Waals surface area contributed by atoms with Gasteiger partial charge in [0.15, 0.2) is 11.5 Å². The topological polar surface area (TPSA) is 64.8 Å². The number of nitrogens with two attached hydrogens (primary N) is 1. The summed E-state index contributed by atoms with van der Waals surface area (Å²) in [6.07, 6.45) is 0. The largest absolute Gasteiger partial charge is 0.454 e. The van der Waals surface area contributed by atoms with E-state index in [0.29, 0.717) is 27.2 Å². The fourth-order valence-electron chi connectivity index (χ4n) is 2.89. The van der Waals surface area contributed by atoms with Crippen molar-refractivity contribution in [2.45, 2.75) is 12.1 Å². The molecule has 0 aliphatic carbocycles. The van der Waals surface area contributed by atoms with Crippen LogP contribution in [-0.4, -0.2) is 18.7 Å². The maximum absolute atomic E-state index is 12.2. The van der Waals surface area contributed by atoms with E-state index in [4.69, 9.17) is 38.4 Å². The van der Waals surface area contributed by atoms with E-state index in [1.54, 1.807) is 23.1 Å². The lowest BCUT2D eigenvalue weighted by Gasteiger charge is -2.45. The van der Waals surface area contributed by atoms with Crippen molar-refractivity contribution in [2.24, 2.45) is 5.73 Å². The van der Waals surface area contributed by atoms with Gasteiger partial charge < -0.3 is 20.1 Å². The molecule has 1 fully saturated rings. The second-order valence-corrected chi connectivity index (χ2v) is 6.20. The second-order valence-electron chi connectivity index (χ2n) is 5.39. The van der Waals surface area contributed by atoms with Gasteiger partial charge in [0, 0.05) is 5.69 Å². The van der Waals surface area contributed by atoms with Crippen molar-refractivity contribution >= 4 is 34.8 Å². The maximum atomic E-state index is 12.2. The van der Waals surface area contributed by atoms with Gasteiger partial charge in [-0.2, -0.15) is 0 Å². The number of fused-ring (bicyclic) bond motifs is 1. The van der Waals surface area contributed by atoms with Gasteiger partial charge in [-0.15, -0.1) is 0 Å². The third-order valence-electron chi connectivity index (χ3n) is 4.06. The van der Waals surface area contributed by atoms with E-state index in [1.165, 1.54) is 0 Å². The second kappa shape index (κ2) is 5.30. The van der Waals surface area contributed by atoms with Crippen LogP contribution < -0.4 is 20.1 Å². The monoisotopic (exact) mass is 350 g/mol. The molecule has 2 atom stereocenters. The number of carbonyl (C=O) groups excluding carboxylic acids is 1. The lowest BCUT2D eigenvalue weighted by atomic mass is 9.88. The predicted molar refractivity (Wildman–Crippen MR) is 87.2 cm³/mol. The van der Waals surface area contributed by atoms with E-state index in [9.17, 15) is 4.79 Å². The van der Waals surface area contributed by atoms with E-state index in [1.807, 2.05) is 18.2 Å². The third kappa shape index (κ3) is 2.24. The van der Waals surface area contributed by atoms with Crippen molar-refractivity contribution < 1.29 is 14.3 Å². The minimum absolute atomic E-state index is 0.161. The highest BCUT2D eigenvalue weighted by atomic mass is 35.5. The van der Waals surface area contributed by atoms with Crippen LogP contribution >= 0.6 is 23.2 Å². The fourth-order valence-corrected chi connectivity index (χ4v) is 3.18. The van der Waals surface area contributed by atoms with Crippen LogP contribution in [0.15, 0.2) is 36.4 Å². The SMILES string of the molecule is N[C@@H]1C(=O)N(c2ccc(Cl)c(Cl)c2)[C@@H]1c1ccc2c(c1)OCO2. The van der Waals surface area contributed by atoms with E-state index >= 15 is 0 Å². The van der Waals surface area contributed by atoms with Crippen molar-refractivity contribution in [3.63, 3.8) is 0 Å². The van der Waals surface area contributed by atoms with Crippen molar-refractivity contribution in [2.75, 3.05) is 11.7 Å². The molecule has 0 radical (unpaired) electrons. The summed E-state index contributed by atoms with van der Waals surface area (Å²) in [4.78, 5) is 13.9. The molecule has 0 bridgehead atoms. The maximum Gasteiger partial charge on any atom is 0.247 e. The molecule has 7 heteroatoms. The van der Waals surface area contributed by atoms with Gasteiger partial charge in [-0.25, -0.2) is 0 Å². The molecular formula is C16H12Cl2N2O3. The van der Waals surface area contributed by atoms with Gasteiger partial charge in [-0.05, 0) is 35.9 Å². The van der Waals surface area contributed by atoms with Crippen LogP contribution in [-0.2, 0) is 4.79 Å². The number of ether oxygens (including phenoxy) is 2. The van der Waals surface area contributed by atoms with Crippen LogP contribution in [0.3, 0.4) is 0 Å². The summed E-state index contributed by atoms with van der Waals surface area (Å²) in [5.41, 5.74) is 7.56. The first-order chi connectivity index (χ1) is 11.1. The molecular weight excluding hydrogens is 339 g/mol. The Kier molecular flexibility index (Phi) is 3.37. The molecule has 118 valence electrons. The van der Waals surface area contributed by atoms with Gasteiger partial charge >= 0.3 is 0 Å². The molecule has 2 aromatic carbocycles. The fraction of sp³-hybridized carbons (Fsp3) is 0.188. The van der Waals surface area contributed by atoms with Crippen molar-refractivity contribution in [1.82, 2.24) is 0 Å². The van der Waals surface area contributed by atoms with Crippen LogP contribution in [0.5, 0.6) is 11.5 Å². The van der Waals surface area contributed by atoms with E-state index in [2.05, 4.69) is 0 Å². The van der Waals surface area contributed by atoms with E-state index in [0.717, 1.165) is 5.56 Å². The highest BCUT2D eigenvalue weighted by Crippen LogP contribution is 2.43. The molecule has 0 unspecified atom stereocenters. The molecule has 2 aliphatic heterocycles. The molecule has 0 spiro atoms. The molecule has 2 aliphatic rings. The van der Waals surface area contributed by atoms with E-state index in [-0.39, 0.29) is 18.7 Å². The van der Waals surface area contributed by atoms with Crippen molar-refractivity contribution in [3.8, 4) is 11.5 Å². The molecule has 5 nitrogen and oxygen atoms in total. The number of halogens is 2. The Labute approximate surface area is 142 Å². The molecule has 23 heavy (non-hydrogen) atoms. The highest BCUT2D eigenvalue weighted by molar-refractivity contribution is 6.42. The summed E-state index contributed by atoms with van der Waals surface area (Å²) in [5.74, 6) is 1.18. The zero-order chi connectivity index (χ0) is 16.1. The Balaban J connectivity index is 1.72. The summed E-state index contributed by atoms with van der Waals surface area (Å²) < 4.78 is 10.7. The first-order valence-corrected chi connectivity index (χ1v) is 7.75. The number of nitrogens with zero attached hydrogens (tertiary/aromatic N) is 1. The lowest BCUT2D eigenvalue weighted by Crippen LogP contribution is -2.63. The quantitative estimate of drug-likeness (QED) is 0.845. The molecule has 0 saturated carbocycles. The molecule has 2 N–H and O–H groups in total. The number of amides is 1. The first kappa shape index (κ1) is 14.6. The van der Waals surface area contributed by atoms with Crippen LogP contribution in [0.1, 0.15) is 11.6 Å². The van der Waals surface area contributed by atoms with E-state index < -0.39 is 6.04 Å². The average Bonchev–Trinajstić information content (AvgIpc) is 3.02. The smallest absolute Gasteiger partial charge is 0.247 e. The van der Waals surface area contributed by atoms with Crippen LogP contribution in [0, 0.1) is 0 Å². The molecule has 0 aromatic heterocycles. The normalized spacial score (nSPS) is 22.2. The predicted octanol–water partition coefficient (Wildman–Crippen LogP) is 3.14. The van der Waals surface area contributed by atoms with Crippen LogP contribution in [0.2, 0.25) is 10.0 Å². The van der Waals surface area contributed by atoms with Crippen LogP contribution in [0.4, 0.5) is 5.69 Å². The van der Waals surface area contributed by atoms with Gasteiger partial charge in [-0.1, -0.05) is 29.3 Å². The van der Waals surface area contributed by atoms with Gasteiger partial charge in [0.25, 0.3) is 0 Å². The number of anilines is 1. The number of rotatable bonds is 2. The summed E-state index contributed by atoms with van der Waals surface area (Å²) in [6.45, 7) is 0.199. The average molecular weight is 351 g/mol. The molecule has 1 amide bonds.